The number of anilines is 1. The lowest BCUT2D eigenvalue weighted by molar-refractivity contribution is -0.134. The Morgan fingerprint density at radius 2 is 1.88 bits per heavy atom. The molecule has 138 valence electrons. The van der Waals surface area contributed by atoms with Gasteiger partial charge in [-0.15, -0.1) is 22.0 Å². The molecule has 26 heavy (non-hydrogen) atoms. The Hall–Kier alpha value is -2.35. The lowest BCUT2D eigenvalue weighted by atomic mass is 9.84. The Morgan fingerprint density at radius 1 is 1.19 bits per heavy atom. The molecule has 7 nitrogen and oxygen atoms in total. The summed E-state index contributed by atoms with van der Waals surface area (Å²) >= 11 is 1.45. The number of nitrogens with zero attached hydrogens (tertiary/aromatic N) is 3. The summed E-state index contributed by atoms with van der Waals surface area (Å²) in [5, 5.41) is 8.17. The summed E-state index contributed by atoms with van der Waals surface area (Å²) in [4.78, 5) is 26.0. The molecule has 0 aliphatic carbocycles. The van der Waals surface area contributed by atoms with Gasteiger partial charge in [-0.25, -0.2) is 9.59 Å². The van der Waals surface area contributed by atoms with Crippen molar-refractivity contribution in [3.05, 3.63) is 29.8 Å². The predicted molar refractivity (Wildman–Crippen MR) is 102 cm³/mol. The van der Waals surface area contributed by atoms with Gasteiger partial charge in [0.05, 0.1) is 14.2 Å². The van der Waals surface area contributed by atoms with Crippen molar-refractivity contribution in [2.75, 3.05) is 32.4 Å². The van der Waals surface area contributed by atoms with Crippen molar-refractivity contribution in [2.45, 2.75) is 17.7 Å². The van der Waals surface area contributed by atoms with Crippen LogP contribution in [-0.2, 0) is 25.5 Å². The fraction of sp³-hybridized carbons (Fsp3) is 0.444. The zero-order chi connectivity index (χ0) is 18.9. The van der Waals surface area contributed by atoms with Gasteiger partial charge in [0, 0.05) is 18.7 Å². The maximum Gasteiger partial charge on any atom is 0.357 e. The summed E-state index contributed by atoms with van der Waals surface area (Å²) in [6.45, 7) is 0. The van der Waals surface area contributed by atoms with Gasteiger partial charge in [-0.1, -0.05) is 18.2 Å². The summed E-state index contributed by atoms with van der Waals surface area (Å²) in [6.07, 6.45) is 3.28. The number of fused-ring (bicyclic) bond motifs is 2. The number of methoxy groups -OCH3 is 2. The van der Waals surface area contributed by atoms with Crippen LogP contribution < -0.4 is 4.90 Å². The quantitative estimate of drug-likeness (QED) is 0.751. The van der Waals surface area contributed by atoms with E-state index >= 15 is 0 Å². The van der Waals surface area contributed by atoms with E-state index < -0.39 is 16.8 Å². The molecule has 2 heterocycles. The number of carbonyl (C=O) groups excluding carboxylic acids is 2. The second-order valence-corrected chi connectivity index (χ2v) is 7.13. The van der Waals surface area contributed by atoms with Gasteiger partial charge in [-0.05, 0) is 30.7 Å². The van der Waals surface area contributed by atoms with Gasteiger partial charge < -0.3 is 14.4 Å². The van der Waals surface area contributed by atoms with Crippen molar-refractivity contribution < 1.29 is 19.1 Å². The zero-order valence-electron chi connectivity index (χ0n) is 15.2. The van der Waals surface area contributed by atoms with Crippen LogP contribution in [0.15, 0.2) is 34.5 Å². The number of ether oxygens (including phenoxy) is 2. The topological polar surface area (TPSA) is 80.6 Å². The van der Waals surface area contributed by atoms with E-state index in [0.29, 0.717) is 6.42 Å². The Labute approximate surface area is 156 Å². The summed E-state index contributed by atoms with van der Waals surface area (Å²) in [7, 11) is 4.55. The molecule has 0 saturated carbocycles. The largest absolute Gasteiger partial charge is 0.464 e. The van der Waals surface area contributed by atoms with Crippen molar-refractivity contribution in [1.82, 2.24) is 0 Å². The molecule has 2 atom stereocenters. The monoisotopic (exact) mass is 375 g/mol. The highest BCUT2D eigenvalue weighted by molar-refractivity contribution is 8.01. The minimum Gasteiger partial charge on any atom is -0.464 e. The van der Waals surface area contributed by atoms with Crippen LogP contribution in [0.1, 0.15) is 12.0 Å². The van der Waals surface area contributed by atoms with Crippen LogP contribution in [0.25, 0.3) is 0 Å². The molecule has 0 saturated heterocycles. The van der Waals surface area contributed by atoms with Gasteiger partial charge in [0.2, 0.25) is 0 Å². The molecule has 0 amide bonds. The van der Waals surface area contributed by atoms with Gasteiger partial charge >= 0.3 is 11.9 Å². The van der Waals surface area contributed by atoms with Crippen LogP contribution in [-0.4, -0.2) is 55.8 Å². The fourth-order valence-corrected chi connectivity index (χ4v) is 5.00. The first-order valence-corrected chi connectivity index (χ1v) is 9.43. The molecule has 2 aliphatic heterocycles. The first kappa shape index (κ1) is 18.4. The SMILES string of the molecule is COC(=O)C1=NN=C(C(=O)OC)C2(SC)C1CCc1ccccc1N2C. The van der Waals surface area contributed by atoms with Gasteiger partial charge in [0.15, 0.2) is 11.4 Å². The first-order valence-electron chi connectivity index (χ1n) is 8.20. The molecule has 0 bridgehead atoms. The summed E-state index contributed by atoms with van der Waals surface area (Å²) < 4.78 is 9.89. The van der Waals surface area contributed by atoms with E-state index in [-0.39, 0.29) is 17.3 Å². The third-order valence-electron chi connectivity index (χ3n) is 5.04. The predicted octanol–water partition coefficient (Wildman–Crippen LogP) is 1.90. The fourth-order valence-electron chi connectivity index (χ4n) is 3.80. The molecule has 0 aromatic heterocycles. The molecule has 3 rings (SSSR count). The Kier molecular flexibility index (Phi) is 5.04. The Bertz CT molecular complexity index is 807. The van der Waals surface area contributed by atoms with Crippen LogP contribution >= 0.6 is 11.8 Å². The molecule has 1 aromatic rings. The molecule has 0 spiro atoms. The number of thioether (sulfide) groups is 1. The summed E-state index contributed by atoms with van der Waals surface area (Å²) in [5.74, 6) is -1.45. The van der Waals surface area contributed by atoms with Crippen LogP contribution in [0.3, 0.4) is 0 Å². The Morgan fingerprint density at radius 3 is 2.54 bits per heavy atom. The second kappa shape index (κ2) is 7.11. The van der Waals surface area contributed by atoms with E-state index in [9.17, 15) is 9.59 Å². The van der Waals surface area contributed by atoms with Crippen LogP contribution in [0, 0.1) is 5.92 Å². The highest BCUT2D eigenvalue weighted by Gasteiger charge is 2.56. The molecule has 0 radical (unpaired) electrons. The van der Waals surface area contributed by atoms with Crippen molar-refractivity contribution in [2.24, 2.45) is 16.1 Å². The number of carbonyl (C=O) groups is 2. The normalized spacial score (nSPS) is 24.5. The molecular formula is C18H21N3O4S. The van der Waals surface area contributed by atoms with Crippen molar-refractivity contribution >= 4 is 40.8 Å². The maximum atomic E-state index is 12.5. The maximum absolute atomic E-state index is 12.5. The second-order valence-electron chi connectivity index (χ2n) is 6.10. The summed E-state index contributed by atoms with van der Waals surface area (Å²) in [6, 6.07) is 8.00. The summed E-state index contributed by atoms with van der Waals surface area (Å²) in [5.41, 5.74) is 2.55. The van der Waals surface area contributed by atoms with Crippen LogP contribution in [0.4, 0.5) is 5.69 Å². The molecule has 2 unspecified atom stereocenters. The van der Waals surface area contributed by atoms with E-state index in [4.69, 9.17) is 9.47 Å². The number of benzene rings is 1. The van der Waals surface area contributed by atoms with E-state index in [1.165, 1.54) is 26.0 Å². The van der Waals surface area contributed by atoms with Gasteiger partial charge in [0.1, 0.15) is 4.87 Å². The van der Waals surface area contributed by atoms with Crippen molar-refractivity contribution in [3.8, 4) is 0 Å². The van der Waals surface area contributed by atoms with Crippen LogP contribution in [0.5, 0.6) is 0 Å². The standard InChI is InChI=1S/C18H21N3O4S/c1-21-13-8-6-5-7-11(13)9-10-12-14(16(22)24-2)19-20-15(17(23)25-3)18(12,21)26-4/h5-8,12H,9-10H2,1-4H3. The van der Waals surface area contributed by atoms with Gasteiger partial charge in [-0.2, -0.15) is 0 Å². The minimum absolute atomic E-state index is 0.185. The molecule has 1 aromatic carbocycles. The number of para-hydroxylation sites is 1. The molecular weight excluding hydrogens is 354 g/mol. The average molecular weight is 375 g/mol. The number of rotatable bonds is 3. The third-order valence-corrected chi connectivity index (χ3v) is 6.41. The Balaban J connectivity index is 2.25. The van der Waals surface area contributed by atoms with Gasteiger partial charge in [-0.3, -0.25) is 0 Å². The van der Waals surface area contributed by atoms with Crippen LogP contribution in [0.2, 0.25) is 0 Å². The van der Waals surface area contributed by atoms with E-state index in [2.05, 4.69) is 16.3 Å². The smallest absolute Gasteiger partial charge is 0.357 e. The highest BCUT2D eigenvalue weighted by atomic mass is 32.2. The minimum atomic E-state index is -0.912. The first-order chi connectivity index (χ1) is 12.5. The molecule has 0 fully saturated rings. The number of aryl methyl sites for hydroxylation is 1. The molecule has 8 heteroatoms. The average Bonchev–Trinajstić information content (AvgIpc) is 2.81. The highest BCUT2D eigenvalue weighted by Crippen LogP contribution is 2.47. The third kappa shape index (κ3) is 2.59. The number of hydrogen-bond acceptors (Lipinski definition) is 8. The molecule has 2 aliphatic rings. The number of hydrogen-bond donors (Lipinski definition) is 0. The van der Waals surface area contributed by atoms with E-state index in [1.54, 1.807) is 0 Å². The lowest BCUT2D eigenvalue weighted by Gasteiger charge is -2.46. The number of esters is 2. The van der Waals surface area contributed by atoms with E-state index in [1.807, 2.05) is 36.4 Å². The van der Waals surface area contributed by atoms with Crippen molar-refractivity contribution in [1.29, 1.82) is 0 Å². The van der Waals surface area contributed by atoms with Crippen molar-refractivity contribution in [3.63, 3.8) is 0 Å². The molecule has 0 N–H and O–H groups in total. The van der Waals surface area contributed by atoms with E-state index in [0.717, 1.165) is 17.7 Å². The zero-order valence-corrected chi connectivity index (χ0v) is 16.0. The van der Waals surface area contributed by atoms with Gasteiger partial charge in [0.25, 0.3) is 0 Å². The lowest BCUT2D eigenvalue weighted by Crippen LogP contribution is -2.62.